The minimum atomic E-state index is -4.10. The summed E-state index contributed by atoms with van der Waals surface area (Å²) in [4.78, 5) is 4.69. The molecule has 0 aromatic heterocycles. The number of benzene rings is 9. The molecule has 3 heterocycles. The molecule has 0 unspecified atom stereocenters. The van der Waals surface area contributed by atoms with Crippen molar-refractivity contribution >= 4 is 87.4 Å². The van der Waals surface area contributed by atoms with Crippen molar-refractivity contribution in [3.05, 3.63) is 191 Å². The van der Waals surface area contributed by atoms with Crippen molar-refractivity contribution < 1.29 is 8.42 Å². The van der Waals surface area contributed by atoms with Gasteiger partial charge in [-0.1, -0.05) is 137 Å². The third kappa shape index (κ3) is 4.65. The quantitative estimate of drug-likeness (QED) is 0.164. The third-order valence-corrected chi connectivity index (χ3v) is 14.0. The van der Waals surface area contributed by atoms with Gasteiger partial charge in [0.05, 0.1) is 22.7 Å². The maximum atomic E-state index is 13.4. The zero-order valence-electron chi connectivity index (χ0n) is 33.0. The minimum absolute atomic E-state index is 0.164. The summed E-state index contributed by atoms with van der Waals surface area (Å²) in [6.45, 7) is 9.16. The van der Waals surface area contributed by atoms with Crippen LogP contribution in [0.4, 0.5) is 34.1 Å². The van der Waals surface area contributed by atoms with Crippen LogP contribution >= 0.6 is 0 Å². The van der Waals surface area contributed by atoms with E-state index in [0.29, 0.717) is 10.7 Å². The lowest BCUT2D eigenvalue weighted by Gasteiger charge is -2.42. The van der Waals surface area contributed by atoms with E-state index in [1.807, 2.05) is 0 Å². The van der Waals surface area contributed by atoms with Gasteiger partial charge in [0.2, 0.25) is 0 Å². The normalized spacial score (nSPS) is 16.5. The number of hydrogen-bond acceptors (Lipinski definition) is 4. The van der Waals surface area contributed by atoms with Crippen molar-refractivity contribution in [1.82, 2.24) is 0 Å². The van der Waals surface area contributed by atoms with Crippen LogP contribution < -0.4 is 20.5 Å². The highest BCUT2D eigenvalue weighted by Gasteiger charge is 2.38. The number of para-hydroxylation sites is 4. The third-order valence-electron chi connectivity index (χ3n) is 13.2. The lowest BCUT2D eigenvalue weighted by Crippen LogP contribution is -2.30. The average Bonchev–Trinajstić information content (AvgIpc) is 3.58. The Kier molecular flexibility index (Phi) is 6.76. The average molecular weight is 783 g/mol. The highest BCUT2D eigenvalue weighted by atomic mass is 32.2. The smallest absolute Gasteiger partial charge is 0.310 e. The zero-order chi connectivity index (χ0) is 40.0. The fourth-order valence-corrected chi connectivity index (χ4v) is 11.3. The molecule has 0 saturated carbocycles. The summed E-state index contributed by atoms with van der Waals surface area (Å²) in [7, 11) is -4.10. The molecule has 284 valence electrons. The molecule has 0 atom stereocenters. The second-order valence-corrected chi connectivity index (χ2v) is 18.4. The molecule has 0 N–H and O–H groups in total. The van der Waals surface area contributed by atoms with Gasteiger partial charge in [0.15, 0.2) is 0 Å². The van der Waals surface area contributed by atoms with Crippen LogP contribution in [0.2, 0.25) is 0 Å². The van der Waals surface area contributed by atoms with Crippen LogP contribution in [0.15, 0.2) is 167 Å². The van der Waals surface area contributed by atoms with Crippen molar-refractivity contribution in [3.63, 3.8) is 0 Å². The second-order valence-electron chi connectivity index (χ2n) is 17.1. The SMILES string of the molecule is CC1(C)c2ccccc2N(c2ccc3c(ccc4c5ccc6cc(N7c8ccccc8C(C)(C)c8ccccc87)ccc6c5c5c(c34)=NS(=O)(=O)N=5)c2)c2ccccc21. The number of hydrogen-bond donors (Lipinski definition) is 0. The fourth-order valence-electron chi connectivity index (χ4n) is 10.4. The van der Waals surface area contributed by atoms with E-state index in [4.69, 9.17) is 0 Å². The molecule has 7 heteroatoms. The molecule has 0 amide bonds. The molecule has 0 fully saturated rings. The molecule has 3 aliphatic rings. The summed E-state index contributed by atoms with van der Waals surface area (Å²) in [6, 6.07) is 56.0. The van der Waals surface area contributed by atoms with Gasteiger partial charge in [0.1, 0.15) is 10.7 Å². The summed E-state index contributed by atoms with van der Waals surface area (Å²) in [5.74, 6) is 0. The fraction of sp³-hybridized carbons (Fsp3) is 0.115. The summed E-state index contributed by atoms with van der Waals surface area (Å²) in [6.07, 6.45) is 0. The van der Waals surface area contributed by atoms with E-state index in [1.54, 1.807) is 0 Å². The van der Waals surface area contributed by atoms with E-state index < -0.39 is 10.2 Å². The highest BCUT2D eigenvalue weighted by molar-refractivity contribution is 7.88. The zero-order valence-corrected chi connectivity index (χ0v) is 33.8. The van der Waals surface area contributed by atoms with Crippen LogP contribution in [-0.4, -0.2) is 8.42 Å². The number of anilines is 6. The Morgan fingerprint density at radius 1 is 0.407 bits per heavy atom. The van der Waals surface area contributed by atoms with Crippen molar-refractivity contribution in [2.45, 2.75) is 38.5 Å². The van der Waals surface area contributed by atoms with Crippen molar-refractivity contribution in [1.29, 1.82) is 0 Å². The van der Waals surface area contributed by atoms with Crippen molar-refractivity contribution in [2.24, 2.45) is 8.80 Å². The van der Waals surface area contributed by atoms with Crippen LogP contribution in [0, 0.1) is 0 Å². The number of nitrogens with zero attached hydrogens (tertiary/aromatic N) is 4. The standard InChI is InChI=1S/C52H38N4O2S/c1-51(2)39-13-5-9-17-43(39)55(44-18-10-6-14-40(44)51)33-23-27-35-31(29-33)21-25-37-38-26-22-32-30-34(24-28-36(32)48(38)50-49(47(35)37)53-59(57,58)54-50)56-45-19-11-7-15-41(45)52(3,4)42-16-8-12-20-46(42)56/h5-30H,1-4H3. The van der Waals surface area contributed by atoms with E-state index >= 15 is 0 Å². The first-order chi connectivity index (χ1) is 28.5. The summed E-state index contributed by atoms with van der Waals surface area (Å²) >= 11 is 0. The van der Waals surface area contributed by atoms with Gasteiger partial charge in [0.25, 0.3) is 0 Å². The van der Waals surface area contributed by atoms with E-state index in [1.165, 1.54) is 22.3 Å². The van der Waals surface area contributed by atoms with E-state index in [2.05, 4.69) is 204 Å². The Morgan fingerprint density at radius 2 is 0.729 bits per heavy atom. The van der Waals surface area contributed by atoms with Gasteiger partial charge >= 0.3 is 10.2 Å². The van der Waals surface area contributed by atoms with Crippen LogP contribution in [0.5, 0.6) is 0 Å². The topological polar surface area (TPSA) is 65.3 Å². The molecule has 0 aliphatic carbocycles. The predicted octanol–water partition coefficient (Wildman–Crippen LogP) is 12.0. The van der Waals surface area contributed by atoms with Gasteiger partial charge < -0.3 is 9.80 Å². The van der Waals surface area contributed by atoms with Gasteiger partial charge in [-0.3, -0.25) is 0 Å². The van der Waals surface area contributed by atoms with E-state index in [0.717, 1.165) is 77.2 Å². The maximum absolute atomic E-state index is 13.4. The molecular formula is C52H38N4O2S. The largest absolute Gasteiger partial charge is 0.364 e. The lowest BCUT2D eigenvalue weighted by atomic mass is 9.73. The summed E-state index contributed by atoms with van der Waals surface area (Å²) in [5.41, 5.74) is 11.4. The molecular weight excluding hydrogens is 745 g/mol. The molecule has 9 aromatic rings. The van der Waals surface area contributed by atoms with E-state index in [9.17, 15) is 8.42 Å². The molecule has 59 heavy (non-hydrogen) atoms. The minimum Gasteiger partial charge on any atom is -0.310 e. The first kappa shape index (κ1) is 34.2. The number of rotatable bonds is 2. The predicted molar refractivity (Wildman–Crippen MR) is 241 cm³/mol. The van der Waals surface area contributed by atoms with Crippen LogP contribution in [-0.2, 0) is 21.0 Å². The van der Waals surface area contributed by atoms with Gasteiger partial charge in [0, 0.05) is 33.0 Å². The molecule has 0 bridgehead atoms. The Balaban J connectivity index is 1.07. The molecule has 12 rings (SSSR count). The molecule has 3 aliphatic heterocycles. The molecule has 6 nitrogen and oxygen atoms in total. The first-order valence-corrected chi connectivity index (χ1v) is 21.5. The lowest BCUT2D eigenvalue weighted by molar-refractivity contribution is 0.599. The summed E-state index contributed by atoms with van der Waals surface area (Å²) in [5, 5.41) is 8.12. The van der Waals surface area contributed by atoms with Crippen molar-refractivity contribution in [2.75, 3.05) is 9.80 Å². The Labute approximate surface area is 342 Å². The highest BCUT2D eigenvalue weighted by Crippen LogP contribution is 2.53. The molecule has 9 aromatic carbocycles. The van der Waals surface area contributed by atoms with Gasteiger partial charge in [-0.15, -0.1) is 8.80 Å². The van der Waals surface area contributed by atoms with Gasteiger partial charge in [-0.2, -0.15) is 8.42 Å². The number of fused-ring (bicyclic) bond motifs is 14. The van der Waals surface area contributed by atoms with Crippen LogP contribution in [0.25, 0.3) is 43.1 Å². The second kappa shape index (κ2) is 11.6. The van der Waals surface area contributed by atoms with Crippen LogP contribution in [0.1, 0.15) is 49.9 Å². The van der Waals surface area contributed by atoms with Gasteiger partial charge in [-0.05, 0) is 103 Å². The Hall–Kier alpha value is -6.83. The first-order valence-electron chi connectivity index (χ1n) is 20.1. The monoisotopic (exact) mass is 782 g/mol. The van der Waals surface area contributed by atoms with Gasteiger partial charge in [-0.25, -0.2) is 0 Å². The van der Waals surface area contributed by atoms with E-state index in [-0.39, 0.29) is 10.8 Å². The molecule has 0 radical (unpaired) electrons. The Morgan fingerprint density at radius 3 is 1.08 bits per heavy atom. The summed E-state index contributed by atoms with van der Waals surface area (Å²) < 4.78 is 35.5. The molecule has 0 spiro atoms. The van der Waals surface area contributed by atoms with Crippen LogP contribution in [0.3, 0.4) is 0 Å². The van der Waals surface area contributed by atoms with Crippen molar-refractivity contribution in [3.8, 4) is 0 Å². The maximum Gasteiger partial charge on any atom is 0.364 e. The molecule has 0 saturated heterocycles. The Bertz CT molecular complexity index is 3280.